The quantitative estimate of drug-likeness (QED) is 0.507. The van der Waals surface area contributed by atoms with Crippen LogP contribution in [0.5, 0.6) is 0 Å². The molecule has 0 unspecified atom stereocenters. The molecule has 2 N–H and O–H groups in total. The number of nitro groups is 1. The van der Waals surface area contributed by atoms with E-state index in [9.17, 15) is 14.9 Å². The molecule has 1 aliphatic heterocycles. The number of rotatable bonds is 3. The maximum atomic E-state index is 12.0. The summed E-state index contributed by atoms with van der Waals surface area (Å²) in [6.07, 6.45) is 0. The fourth-order valence-corrected chi connectivity index (χ4v) is 2.00. The summed E-state index contributed by atoms with van der Waals surface area (Å²) in [5.41, 5.74) is 1.70. The predicted octanol–water partition coefficient (Wildman–Crippen LogP) is 2.22. The number of nitro benzene ring substituents is 1. The van der Waals surface area contributed by atoms with E-state index in [2.05, 4.69) is 26.6 Å². The third-order valence-electron chi connectivity index (χ3n) is 2.95. The Bertz CT molecular complexity index is 578. The first kappa shape index (κ1) is 13.7. The number of anilines is 1. The molecule has 1 aromatic carbocycles. The molecule has 0 aliphatic carbocycles. The van der Waals surface area contributed by atoms with Gasteiger partial charge in [0.2, 0.25) is 0 Å². The summed E-state index contributed by atoms with van der Waals surface area (Å²) in [7, 11) is 0. The molecule has 6 nitrogen and oxygen atoms in total. The predicted molar refractivity (Wildman–Crippen MR) is 75.0 cm³/mol. The topological polar surface area (TPSA) is 84.3 Å². The van der Waals surface area contributed by atoms with Gasteiger partial charge in [-0.3, -0.25) is 14.9 Å². The molecule has 1 aliphatic rings. The highest BCUT2D eigenvalue weighted by Gasteiger charge is 2.20. The van der Waals surface area contributed by atoms with E-state index in [1.807, 2.05) is 0 Å². The van der Waals surface area contributed by atoms with E-state index in [4.69, 9.17) is 0 Å². The van der Waals surface area contributed by atoms with E-state index < -0.39 is 4.92 Å². The smallest absolute Gasteiger partial charge is 0.293 e. The van der Waals surface area contributed by atoms with Crippen molar-refractivity contribution >= 4 is 33.2 Å². The molecule has 100 valence electrons. The number of carbonyl (C=O) groups excluding carboxylic acids is 1. The van der Waals surface area contributed by atoms with E-state index in [0.29, 0.717) is 23.1 Å². The number of nitrogens with one attached hydrogen (secondary N) is 2. The van der Waals surface area contributed by atoms with Crippen molar-refractivity contribution in [2.75, 3.05) is 18.4 Å². The molecule has 1 aromatic rings. The first-order valence-corrected chi connectivity index (χ1v) is 6.43. The summed E-state index contributed by atoms with van der Waals surface area (Å²) >= 11 is 3.17. The minimum atomic E-state index is -0.520. The second-order valence-corrected chi connectivity index (χ2v) is 5.12. The average molecular weight is 326 g/mol. The maximum absolute atomic E-state index is 12.0. The van der Waals surface area contributed by atoms with Crippen molar-refractivity contribution in [2.45, 2.75) is 6.92 Å². The Hall–Kier alpha value is -1.73. The Morgan fingerprint density at radius 3 is 2.68 bits per heavy atom. The average Bonchev–Trinajstić information content (AvgIpc) is 2.28. The zero-order valence-corrected chi connectivity index (χ0v) is 11.8. The molecule has 0 bridgehead atoms. The summed E-state index contributed by atoms with van der Waals surface area (Å²) in [6, 6.07) is 4.52. The number of hydrogen-bond acceptors (Lipinski definition) is 4. The van der Waals surface area contributed by atoms with Crippen LogP contribution in [0.3, 0.4) is 0 Å². The van der Waals surface area contributed by atoms with Crippen molar-refractivity contribution < 1.29 is 9.72 Å². The van der Waals surface area contributed by atoms with Crippen LogP contribution in [0.15, 0.2) is 33.8 Å². The zero-order valence-electron chi connectivity index (χ0n) is 10.2. The molecular weight excluding hydrogens is 314 g/mol. The zero-order chi connectivity index (χ0) is 14.0. The van der Waals surface area contributed by atoms with Gasteiger partial charge < -0.3 is 10.6 Å². The van der Waals surface area contributed by atoms with Gasteiger partial charge in [-0.2, -0.15) is 0 Å². The van der Waals surface area contributed by atoms with Gasteiger partial charge >= 0.3 is 0 Å². The molecule has 0 radical (unpaired) electrons. The van der Waals surface area contributed by atoms with Gasteiger partial charge in [-0.1, -0.05) is 15.9 Å². The molecule has 0 atom stereocenters. The standard InChI is InChI=1S/C12H12BrN3O3/c1-7(8-5-14-6-8)12(17)15-10-3-2-9(13)4-11(10)16(18)19/h2-4,14H,5-6H2,1H3,(H,15,17). The third-order valence-corrected chi connectivity index (χ3v) is 3.45. The molecule has 2 rings (SSSR count). The SMILES string of the molecule is CC(C(=O)Nc1ccc(Br)cc1[N+](=O)[O-])=C1CNC1. The van der Waals surface area contributed by atoms with Crippen LogP contribution in [0.4, 0.5) is 11.4 Å². The van der Waals surface area contributed by atoms with Gasteiger partial charge in [0, 0.05) is 29.2 Å². The molecule has 1 heterocycles. The highest BCUT2D eigenvalue weighted by Crippen LogP contribution is 2.28. The largest absolute Gasteiger partial charge is 0.317 e. The number of amides is 1. The van der Waals surface area contributed by atoms with E-state index >= 15 is 0 Å². The van der Waals surface area contributed by atoms with Crippen LogP contribution in [0.2, 0.25) is 0 Å². The van der Waals surface area contributed by atoms with Gasteiger partial charge in [0.1, 0.15) is 5.69 Å². The van der Waals surface area contributed by atoms with Crippen LogP contribution in [-0.2, 0) is 4.79 Å². The van der Waals surface area contributed by atoms with Crippen LogP contribution < -0.4 is 10.6 Å². The van der Waals surface area contributed by atoms with Crippen LogP contribution in [0, 0.1) is 10.1 Å². The first-order chi connectivity index (χ1) is 8.99. The summed E-state index contributed by atoms with van der Waals surface area (Å²) in [5, 5.41) is 16.6. The van der Waals surface area contributed by atoms with Crippen molar-refractivity contribution in [1.82, 2.24) is 5.32 Å². The van der Waals surface area contributed by atoms with Gasteiger partial charge in [-0.25, -0.2) is 0 Å². The van der Waals surface area contributed by atoms with Crippen molar-refractivity contribution in [2.24, 2.45) is 0 Å². The molecule has 0 saturated carbocycles. The van der Waals surface area contributed by atoms with Gasteiger partial charge in [0.05, 0.1) is 4.92 Å². The van der Waals surface area contributed by atoms with E-state index in [1.54, 1.807) is 13.0 Å². The summed E-state index contributed by atoms with van der Waals surface area (Å²) in [5.74, 6) is -0.304. The van der Waals surface area contributed by atoms with E-state index in [-0.39, 0.29) is 17.3 Å². The van der Waals surface area contributed by atoms with Crippen LogP contribution in [0.1, 0.15) is 6.92 Å². The van der Waals surface area contributed by atoms with Gasteiger partial charge in [-0.05, 0) is 24.6 Å². The Kier molecular flexibility index (Phi) is 3.96. The molecule has 1 saturated heterocycles. The Morgan fingerprint density at radius 2 is 2.16 bits per heavy atom. The molecule has 19 heavy (non-hydrogen) atoms. The van der Waals surface area contributed by atoms with Crippen molar-refractivity contribution in [1.29, 1.82) is 0 Å². The fourth-order valence-electron chi connectivity index (χ4n) is 1.65. The molecule has 1 fully saturated rings. The lowest BCUT2D eigenvalue weighted by atomic mass is 10.0. The Labute approximate surface area is 118 Å². The molecule has 1 amide bonds. The van der Waals surface area contributed by atoms with Crippen LogP contribution >= 0.6 is 15.9 Å². The van der Waals surface area contributed by atoms with Crippen molar-refractivity contribution in [3.05, 3.63) is 43.9 Å². The lowest BCUT2D eigenvalue weighted by Crippen LogP contribution is -2.36. The van der Waals surface area contributed by atoms with Crippen LogP contribution in [0.25, 0.3) is 0 Å². The Morgan fingerprint density at radius 1 is 1.47 bits per heavy atom. The minimum absolute atomic E-state index is 0.132. The second-order valence-electron chi connectivity index (χ2n) is 4.20. The minimum Gasteiger partial charge on any atom is -0.317 e. The first-order valence-electron chi connectivity index (χ1n) is 5.63. The molecule has 0 spiro atoms. The van der Waals surface area contributed by atoms with E-state index in [1.165, 1.54) is 12.1 Å². The normalized spacial score (nSPS) is 13.7. The van der Waals surface area contributed by atoms with Gasteiger partial charge in [0.15, 0.2) is 0 Å². The van der Waals surface area contributed by atoms with E-state index in [0.717, 1.165) is 5.57 Å². The lowest BCUT2D eigenvalue weighted by Gasteiger charge is -2.21. The maximum Gasteiger partial charge on any atom is 0.293 e. The highest BCUT2D eigenvalue weighted by molar-refractivity contribution is 9.10. The van der Waals surface area contributed by atoms with Gasteiger partial charge in [-0.15, -0.1) is 0 Å². The Balaban J connectivity index is 2.24. The van der Waals surface area contributed by atoms with Crippen molar-refractivity contribution in [3.63, 3.8) is 0 Å². The summed E-state index contributed by atoms with van der Waals surface area (Å²) < 4.78 is 0.593. The fraction of sp³-hybridized carbons (Fsp3) is 0.250. The summed E-state index contributed by atoms with van der Waals surface area (Å²) in [4.78, 5) is 22.4. The second kappa shape index (κ2) is 5.50. The number of nitrogens with zero attached hydrogens (tertiary/aromatic N) is 1. The lowest BCUT2D eigenvalue weighted by molar-refractivity contribution is -0.384. The monoisotopic (exact) mass is 325 g/mol. The molecular formula is C12H12BrN3O3. The molecule has 7 heteroatoms. The summed E-state index contributed by atoms with van der Waals surface area (Å²) in [6.45, 7) is 3.11. The van der Waals surface area contributed by atoms with Gasteiger partial charge in [0.25, 0.3) is 11.6 Å². The van der Waals surface area contributed by atoms with Crippen LogP contribution in [-0.4, -0.2) is 23.9 Å². The third kappa shape index (κ3) is 2.99. The highest BCUT2D eigenvalue weighted by atomic mass is 79.9. The molecule has 0 aromatic heterocycles. The number of halogens is 1. The number of carbonyl (C=O) groups is 1. The number of hydrogen-bond donors (Lipinski definition) is 2. The van der Waals surface area contributed by atoms with Crippen molar-refractivity contribution in [3.8, 4) is 0 Å². The number of benzene rings is 1.